The highest BCUT2D eigenvalue weighted by Gasteiger charge is 2.11. The summed E-state index contributed by atoms with van der Waals surface area (Å²) in [7, 11) is 0. The topological polar surface area (TPSA) is 84.6 Å². The molecule has 2 aromatic rings. The van der Waals surface area contributed by atoms with Crippen molar-refractivity contribution < 1.29 is 19.2 Å². The molecule has 0 atom stereocenters. The Bertz CT molecular complexity index is 600. The van der Waals surface area contributed by atoms with Gasteiger partial charge in [-0.25, -0.2) is 0 Å². The fraction of sp³-hybridized carbons (Fsp3) is 0.375. The second-order valence-electron chi connectivity index (χ2n) is 4.95. The highest BCUT2D eigenvalue weighted by molar-refractivity contribution is 5.90. The minimum atomic E-state index is -0.0657. The van der Waals surface area contributed by atoms with Crippen molar-refractivity contribution >= 4 is 11.6 Å². The molecule has 2 N–H and O–H groups in total. The molecule has 22 heavy (non-hydrogen) atoms. The zero-order valence-corrected chi connectivity index (χ0v) is 12.8. The summed E-state index contributed by atoms with van der Waals surface area (Å²) in [5.41, 5.74) is 2.53. The van der Waals surface area contributed by atoms with Gasteiger partial charge in [0.1, 0.15) is 18.1 Å². The summed E-state index contributed by atoms with van der Waals surface area (Å²) in [6.07, 6.45) is 0.969. The molecule has 1 aromatic heterocycles. The first-order valence-electron chi connectivity index (χ1n) is 7.15. The van der Waals surface area contributed by atoms with Crippen LogP contribution in [0, 0.1) is 13.8 Å². The molecule has 0 saturated heterocycles. The van der Waals surface area contributed by atoms with Crippen LogP contribution in [0.25, 0.3) is 0 Å². The predicted octanol–water partition coefficient (Wildman–Crippen LogP) is 2.23. The summed E-state index contributed by atoms with van der Waals surface area (Å²) >= 11 is 0. The number of anilines is 1. The van der Waals surface area contributed by atoms with Crippen molar-refractivity contribution in [2.24, 2.45) is 0 Å². The molecule has 0 unspecified atom stereocenters. The van der Waals surface area contributed by atoms with Crippen LogP contribution in [0.4, 0.5) is 5.69 Å². The summed E-state index contributed by atoms with van der Waals surface area (Å²) in [5.74, 6) is 1.35. The van der Waals surface area contributed by atoms with Crippen LogP contribution in [-0.2, 0) is 11.2 Å². The quantitative estimate of drug-likeness (QED) is 0.819. The number of nitrogens with one attached hydrogen (secondary N) is 1. The van der Waals surface area contributed by atoms with Crippen LogP contribution in [0.2, 0.25) is 0 Å². The van der Waals surface area contributed by atoms with E-state index in [0.29, 0.717) is 24.3 Å². The number of aliphatic hydroxyl groups is 1. The van der Waals surface area contributed by atoms with E-state index >= 15 is 0 Å². The first kappa shape index (κ1) is 16.0. The number of benzene rings is 1. The first-order valence-corrected chi connectivity index (χ1v) is 7.15. The molecule has 0 bridgehead atoms. The van der Waals surface area contributed by atoms with Crippen LogP contribution >= 0.6 is 0 Å². The lowest BCUT2D eigenvalue weighted by atomic mass is 10.1. The van der Waals surface area contributed by atoms with Gasteiger partial charge in [-0.05, 0) is 44.5 Å². The number of hydrogen-bond donors (Lipinski definition) is 2. The van der Waals surface area contributed by atoms with E-state index in [2.05, 4.69) is 10.5 Å². The summed E-state index contributed by atoms with van der Waals surface area (Å²) < 4.78 is 10.3. The van der Waals surface area contributed by atoms with Crippen molar-refractivity contribution in [1.29, 1.82) is 0 Å². The number of carbonyl (C=O) groups excluding carboxylic acids is 1. The Hall–Kier alpha value is -2.34. The van der Waals surface area contributed by atoms with E-state index in [1.54, 1.807) is 24.3 Å². The summed E-state index contributed by atoms with van der Waals surface area (Å²) in [4.78, 5) is 12.0. The Labute approximate surface area is 129 Å². The second kappa shape index (κ2) is 7.61. The third-order valence-electron chi connectivity index (χ3n) is 3.28. The zero-order valence-electron chi connectivity index (χ0n) is 12.8. The van der Waals surface area contributed by atoms with Crippen LogP contribution in [0.3, 0.4) is 0 Å². The normalized spacial score (nSPS) is 10.5. The van der Waals surface area contributed by atoms with Crippen LogP contribution in [0.1, 0.15) is 23.4 Å². The van der Waals surface area contributed by atoms with E-state index in [1.807, 2.05) is 13.8 Å². The van der Waals surface area contributed by atoms with E-state index < -0.39 is 0 Å². The third-order valence-corrected chi connectivity index (χ3v) is 3.28. The van der Waals surface area contributed by atoms with Gasteiger partial charge in [0, 0.05) is 17.7 Å². The van der Waals surface area contributed by atoms with Gasteiger partial charge >= 0.3 is 0 Å². The molecule has 0 aliphatic rings. The van der Waals surface area contributed by atoms with Gasteiger partial charge in [0.05, 0.1) is 12.3 Å². The van der Waals surface area contributed by atoms with Crippen molar-refractivity contribution in [3.05, 3.63) is 41.3 Å². The van der Waals surface area contributed by atoms with E-state index in [-0.39, 0.29) is 19.1 Å². The van der Waals surface area contributed by atoms with Crippen LogP contribution in [-0.4, -0.2) is 29.4 Å². The van der Waals surface area contributed by atoms with Gasteiger partial charge in [-0.1, -0.05) is 5.16 Å². The van der Waals surface area contributed by atoms with E-state index in [0.717, 1.165) is 17.0 Å². The first-order chi connectivity index (χ1) is 10.6. The molecular formula is C16H20N2O4. The van der Waals surface area contributed by atoms with E-state index in [1.165, 1.54) is 0 Å². The molecular weight excluding hydrogens is 284 g/mol. The van der Waals surface area contributed by atoms with Gasteiger partial charge < -0.3 is 19.7 Å². The monoisotopic (exact) mass is 304 g/mol. The lowest BCUT2D eigenvalue weighted by Gasteiger charge is -2.07. The van der Waals surface area contributed by atoms with Crippen molar-refractivity contribution in [3.63, 3.8) is 0 Å². The highest BCUT2D eigenvalue weighted by Crippen LogP contribution is 2.17. The Kier molecular flexibility index (Phi) is 5.55. The van der Waals surface area contributed by atoms with Crippen molar-refractivity contribution in [3.8, 4) is 5.75 Å². The Balaban J connectivity index is 1.84. The summed E-state index contributed by atoms with van der Waals surface area (Å²) in [6, 6.07) is 7.03. The van der Waals surface area contributed by atoms with Gasteiger partial charge in [0.25, 0.3) is 0 Å². The number of aliphatic hydroxyl groups excluding tert-OH is 1. The molecule has 0 aliphatic heterocycles. The maximum atomic E-state index is 12.0. The molecule has 0 fully saturated rings. The Morgan fingerprint density at radius 1 is 1.32 bits per heavy atom. The smallest absolute Gasteiger partial charge is 0.224 e. The fourth-order valence-electron chi connectivity index (χ4n) is 2.12. The number of hydrogen-bond acceptors (Lipinski definition) is 5. The van der Waals surface area contributed by atoms with Crippen LogP contribution in [0.15, 0.2) is 28.8 Å². The maximum absolute atomic E-state index is 12.0. The molecule has 1 amide bonds. The van der Waals surface area contributed by atoms with Crippen molar-refractivity contribution in [2.45, 2.75) is 26.7 Å². The average Bonchev–Trinajstić information content (AvgIpc) is 2.83. The largest absolute Gasteiger partial charge is 0.491 e. The van der Waals surface area contributed by atoms with Gasteiger partial charge in [-0.15, -0.1) is 0 Å². The standard InChI is InChI=1S/C16H20N2O4/c1-11-15(12(2)22-18-11)7-8-16(20)17-13-3-5-14(6-4-13)21-10-9-19/h3-6,19H,7-10H2,1-2H3,(H,17,20). The zero-order chi connectivity index (χ0) is 15.9. The third kappa shape index (κ3) is 4.33. The Morgan fingerprint density at radius 3 is 2.64 bits per heavy atom. The maximum Gasteiger partial charge on any atom is 0.224 e. The highest BCUT2D eigenvalue weighted by atomic mass is 16.5. The lowest BCUT2D eigenvalue weighted by molar-refractivity contribution is -0.116. The number of nitrogens with zero attached hydrogens (tertiary/aromatic N) is 1. The lowest BCUT2D eigenvalue weighted by Crippen LogP contribution is -2.12. The fourth-order valence-corrected chi connectivity index (χ4v) is 2.12. The molecule has 2 rings (SSSR count). The average molecular weight is 304 g/mol. The van der Waals surface area contributed by atoms with Gasteiger partial charge in [0.2, 0.25) is 5.91 Å². The van der Waals surface area contributed by atoms with Gasteiger partial charge in [-0.2, -0.15) is 0 Å². The van der Waals surface area contributed by atoms with E-state index in [4.69, 9.17) is 14.4 Å². The molecule has 6 nitrogen and oxygen atoms in total. The molecule has 6 heteroatoms. The second-order valence-corrected chi connectivity index (χ2v) is 4.95. The van der Waals surface area contributed by atoms with Gasteiger partial charge in [0.15, 0.2) is 0 Å². The number of aryl methyl sites for hydroxylation is 2. The molecule has 1 heterocycles. The van der Waals surface area contributed by atoms with Crippen molar-refractivity contribution in [2.75, 3.05) is 18.5 Å². The molecule has 1 aromatic carbocycles. The summed E-state index contributed by atoms with van der Waals surface area (Å²) in [5, 5.41) is 15.4. The predicted molar refractivity (Wildman–Crippen MR) is 82.0 cm³/mol. The number of rotatable bonds is 7. The number of ether oxygens (including phenoxy) is 1. The molecule has 0 saturated carbocycles. The van der Waals surface area contributed by atoms with E-state index in [9.17, 15) is 4.79 Å². The number of amides is 1. The minimum Gasteiger partial charge on any atom is -0.491 e. The molecule has 118 valence electrons. The number of carbonyl (C=O) groups is 1. The minimum absolute atomic E-state index is 0.0276. The van der Waals surface area contributed by atoms with Crippen molar-refractivity contribution in [1.82, 2.24) is 5.16 Å². The molecule has 0 radical (unpaired) electrons. The van der Waals surface area contributed by atoms with Gasteiger partial charge in [-0.3, -0.25) is 4.79 Å². The number of aromatic nitrogens is 1. The molecule has 0 spiro atoms. The van der Waals surface area contributed by atoms with Crippen LogP contribution in [0.5, 0.6) is 5.75 Å². The van der Waals surface area contributed by atoms with Crippen LogP contribution < -0.4 is 10.1 Å². The molecule has 0 aliphatic carbocycles. The summed E-state index contributed by atoms with van der Waals surface area (Å²) in [6.45, 7) is 3.94. The Morgan fingerprint density at radius 2 is 2.05 bits per heavy atom. The SMILES string of the molecule is Cc1noc(C)c1CCC(=O)Nc1ccc(OCCO)cc1.